The maximum Gasteiger partial charge on any atom is 0.365 e. The van der Waals surface area contributed by atoms with Crippen molar-refractivity contribution in [1.29, 1.82) is 0 Å². The van der Waals surface area contributed by atoms with Crippen molar-refractivity contribution in [3.05, 3.63) is 64.1 Å². The predicted molar refractivity (Wildman–Crippen MR) is 83.3 cm³/mol. The minimum Gasteiger partial charge on any atom is -0.497 e. The van der Waals surface area contributed by atoms with Crippen LogP contribution in [-0.4, -0.2) is 18.9 Å². The molecule has 21 heavy (non-hydrogen) atoms. The van der Waals surface area contributed by atoms with Crippen molar-refractivity contribution < 1.29 is 14.4 Å². The van der Waals surface area contributed by atoms with Gasteiger partial charge in [-0.25, -0.2) is 4.79 Å². The van der Waals surface area contributed by atoms with Gasteiger partial charge in [0.25, 0.3) is 0 Å². The molecule has 0 radical (unpaired) electrons. The lowest BCUT2D eigenvalue weighted by Gasteiger charge is -2.03. The van der Waals surface area contributed by atoms with Crippen LogP contribution in [0.4, 0.5) is 0 Å². The van der Waals surface area contributed by atoms with E-state index in [9.17, 15) is 4.79 Å². The van der Waals surface area contributed by atoms with Crippen LogP contribution in [0.1, 0.15) is 15.9 Å². The maximum absolute atomic E-state index is 11.8. The number of hydrogen-bond donors (Lipinski definition) is 1. The van der Waals surface area contributed by atoms with Crippen LogP contribution in [0.25, 0.3) is 0 Å². The summed E-state index contributed by atoms with van der Waals surface area (Å²) in [6, 6.07) is 13.7. The second kappa shape index (κ2) is 6.90. The van der Waals surface area contributed by atoms with Gasteiger partial charge in [-0.05, 0) is 48.5 Å². The van der Waals surface area contributed by atoms with Crippen LogP contribution < -0.4 is 10.5 Å². The third-order valence-electron chi connectivity index (χ3n) is 2.69. The molecule has 0 aromatic heterocycles. The number of halogens is 1. The summed E-state index contributed by atoms with van der Waals surface area (Å²) in [5.41, 5.74) is 6.79. The number of amidine groups is 1. The Kier molecular flexibility index (Phi) is 4.94. The number of rotatable bonds is 4. The maximum atomic E-state index is 11.8. The van der Waals surface area contributed by atoms with E-state index in [4.69, 9.17) is 15.3 Å². The second-order valence-electron chi connectivity index (χ2n) is 4.09. The highest BCUT2D eigenvalue weighted by Crippen LogP contribution is 2.13. The summed E-state index contributed by atoms with van der Waals surface area (Å²) in [5, 5.41) is 3.64. The third-order valence-corrected chi connectivity index (χ3v) is 3.22. The fourth-order valence-corrected chi connectivity index (χ4v) is 1.81. The normalized spacial score (nSPS) is 11.0. The molecule has 108 valence electrons. The van der Waals surface area contributed by atoms with Crippen molar-refractivity contribution in [1.82, 2.24) is 0 Å². The number of hydrogen-bond acceptors (Lipinski definition) is 4. The number of nitrogens with two attached hydrogens (primary N) is 1. The molecule has 2 rings (SSSR count). The molecule has 2 N–H and O–H groups in total. The molecule has 0 aliphatic carbocycles. The Bertz CT molecular complexity index is 652. The van der Waals surface area contributed by atoms with E-state index < -0.39 is 5.97 Å². The van der Waals surface area contributed by atoms with Crippen LogP contribution in [0.5, 0.6) is 5.75 Å². The average Bonchev–Trinajstić information content (AvgIpc) is 2.53. The number of nitrogens with zero attached hydrogens (tertiary/aromatic N) is 1. The summed E-state index contributed by atoms with van der Waals surface area (Å²) < 4.78 is 5.92. The van der Waals surface area contributed by atoms with E-state index in [1.54, 1.807) is 55.6 Å². The first kappa shape index (κ1) is 15.1. The van der Waals surface area contributed by atoms with Gasteiger partial charge in [0.2, 0.25) is 0 Å². The lowest BCUT2D eigenvalue weighted by molar-refractivity contribution is 0.0516. The first-order valence-corrected chi connectivity index (χ1v) is 6.84. The first-order valence-electron chi connectivity index (χ1n) is 6.05. The van der Waals surface area contributed by atoms with Gasteiger partial charge in [0.05, 0.1) is 12.7 Å². The molecule has 0 unspecified atom stereocenters. The van der Waals surface area contributed by atoms with Crippen molar-refractivity contribution in [2.24, 2.45) is 10.9 Å². The van der Waals surface area contributed by atoms with Gasteiger partial charge < -0.3 is 15.3 Å². The van der Waals surface area contributed by atoms with E-state index in [0.29, 0.717) is 16.9 Å². The number of carbonyl (C=O) groups is 1. The molecule has 5 nitrogen and oxygen atoms in total. The predicted octanol–water partition coefficient (Wildman–Crippen LogP) is 2.94. The highest BCUT2D eigenvalue weighted by molar-refractivity contribution is 9.10. The Morgan fingerprint density at radius 3 is 2.19 bits per heavy atom. The molecule has 0 saturated carbocycles. The Morgan fingerprint density at radius 2 is 1.62 bits per heavy atom. The standard InChI is InChI=1S/C15H13BrN2O3/c1-20-13-8-4-10(5-9-13)14(17)18-21-15(19)11-2-6-12(16)7-3-11/h2-9H,1H3,(H2,17,18). The van der Waals surface area contributed by atoms with E-state index >= 15 is 0 Å². The van der Waals surface area contributed by atoms with Crippen molar-refractivity contribution in [3.8, 4) is 5.75 Å². The Balaban J connectivity index is 2.05. The minimum absolute atomic E-state index is 0.114. The monoisotopic (exact) mass is 348 g/mol. The topological polar surface area (TPSA) is 73.9 Å². The van der Waals surface area contributed by atoms with Gasteiger partial charge in [-0.3, -0.25) is 0 Å². The van der Waals surface area contributed by atoms with Crippen molar-refractivity contribution in [3.63, 3.8) is 0 Å². The number of benzene rings is 2. The van der Waals surface area contributed by atoms with Gasteiger partial charge >= 0.3 is 5.97 Å². The van der Waals surface area contributed by atoms with Gasteiger partial charge in [0.1, 0.15) is 5.75 Å². The number of ether oxygens (including phenoxy) is 1. The lowest BCUT2D eigenvalue weighted by atomic mass is 10.2. The van der Waals surface area contributed by atoms with Crippen molar-refractivity contribution >= 4 is 27.7 Å². The first-order chi connectivity index (χ1) is 10.1. The van der Waals surface area contributed by atoms with Crippen LogP contribution in [0.2, 0.25) is 0 Å². The Hall–Kier alpha value is -2.34. The number of methoxy groups -OCH3 is 1. The molecular weight excluding hydrogens is 336 g/mol. The summed E-state index contributed by atoms with van der Waals surface area (Å²) >= 11 is 3.29. The molecule has 2 aromatic rings. The molecule has 6 heteroatoms. The third kappa shape index (κ3) is 4.06. The van der Waals surface area contributed by atoms with Crippen LogP contribution in [0.3, 0.4) is 0 Å². The lowest BCUT2D eigenvalue weighted by Crippen LogP contribution is -2.15. The van der Waals surface area contributed by atoms with Crippen LogP contribution in [0, 0.1) is 0 Å². The van der Waals surface area contributed by atoms with E-state index in [1.807, 2.05) is 0 Å². The Labute approximate surface area is 130 Å². The van der Waals surface area contributed by atoms with Crippen LogP contribution in [-0.2, 0) is 4.84 Å². The molecule has 0 aliphatic rings. The quantitative estimate of drug-likeness (QED) is 0.399. The number of oxime groups is 1. The van der Waals surface area contributed by atoms with E-state index in [0.717, 1.165) is 4.47 Å². The van der Waals surface area contributed by atoms with E-state index in [-0.39, 0.29) is 5.84 Å². The van der Waals surface area contributed by atoms with Gasteiger partial charge in [0, 0.05) is 10.0 Å². The second-order valence-corrected chi connectivity index (χ2v) is 5.01. The fourth-order valence-electron chi connectivity index (χ4n) is 1.54. The Morgan fingerprint density at radius 1 is 1.05 bits per heavy atom. The van der Waals surface area contributed by atoms with Gasteiger partial charge in [-0.1, -0.05) is 21.1 Å². The zero-order valence-electron chi connectivity index (χ0n) is 11.2. The van der Waals surface area contributed by atoms with Crippen LogP contribution >= 0.6 is 15.9 Å². The molecule has 0 heterocycles. The van der Waals surface area contributed by atoms with Crippen LogP contribution in [0.15, 0.2) is 58.2 Å². The zero-order valence-corrected chi connectivity index (χ0v) is 12.8. The summed E-state index contributed by atoms with van der Waals surface area (Å²) in [5.74, 6) is 0.250. The van der Waals surface area contributed by atoms with Crippen molar-refractivity contribution in [2.75, 3.05) is 7.11 Å². The molecule has 0 bridgehead atoms. The van der Waals surface area contributed by atoms with Crippen molar-refractivity contribution in [2.45, 2.75) is 0 Å². The molecule has 0 saturated heterocycles. The fraction of sp³-hybridized carbons (Fsp3) is 0.0667. The molecule has 0 aliphatic heterocycles. The smallest absolute Gasteiger partial charge is 0.365 e. The van der Waals surface area contributed by atoms with Gasteiger partial charge in [-0.15, -0.1) is 0 Å². The summed E-state index contributed by atoms with van der Waals surface area (Å²) in [4.78, 5) is 16.6. The summed E-state index contributed by atoms with van der Waals surface area (Å²) in [6.07, 6.45) is 0. The molecule has 2 aromatic carbocycles. The minimum atomic E-state index is -0.570. The summed E-state index contributed by atoms with van der Waals surface area (Å²) in [6.45, 7) is 0. The van der Waals surface area contributed by atoms with Gasteiger partial charge in [0.15, 0.2) is 5.84 Å². The largest absolute Gasteiger partial charge is 0.497 e. The molecule has 0 amide bonds. The number of carbonyl (C=O) groups excluding carboxylic acids is 1. The zero-order chi connectivity index (χ0) is 15.2. The average molecular weight is 349 g/mol. The van der Waals surface area contributed by atoms with Gasteiger partial charge in [-0.2, -0.15) is 0 Å². The molecule has 0 spiro atoms. The van der Waals surface area contributed by atoms with E-state index in [2.05, 4.69) is 21.1 Å². The highest BCUT2D eigenvalue weighted by atomic mass is 79.9. The highest BCUT2D eigenvalue weighted by Gasteiger charge is 2.07. The molecular formula is C15H13BrN2O3. The molecule has 0 atom stereocenters. The van der Waals surface area contributed by atoms with E-state index in [1.165, 1.54) is 0 Å². The summed E-state index contributed by atoms with van der Waals surface area (Å²) in [7, 11) is 1.58. The SMILES string of the molecule is COc1ccc(/C(N)=N\OC(=O)c2ccc(Br)cc2)cc1. The molecule has 0 fully saturated rings.